The van der Waals surface area contributed by atoms with E-state index in [0.717, 1.165) is 37.0 Å². The van der Waals surface area contributed by atoms with Gasteiger partial charge in [0.05, 0.1) is 0 Å². The largest absolute Gasteiger partial charge is 0.385 e. The third kappa shape index (κ3) is 6.21. The lowest BCUT2D eigenvalue weighted by atomic mass is 9.97. The molecular weight excluding hydrogens is 268 g/mol. The predicted molar refractivity (Wildman–Crippen MR) is 71.2 cm³/mol. The summed E-state index contributed by atoms with van der Waals surface area (Å²) in [5.41, 5.74) is 0. The van der Waals surface area contributed by atoms with Gasteiger partial charge in [0.1, 0.15) is 0 Å². The Labute approximate surface area is 108 Å². The molecule has 3 heteroatoms. The van der Waals surface area contributed by atoms with Crippen molar-refractivity contribution in [1.29, 1.82) is 0 Å². The molecule has 1 saturated carbocycles. The third-order valence-electron chi connectivity index (χ3n) is 3.34. The standard InChI is InChI=1S/C13H25BrO2/c1-15-9-5-10-16-11-8-12-6-3-2-4-7-13(12)14/h12-13H,2-11H2,1H3. The lowest BCUT2D eigenvalue weighted by Crippen LogP contribution is -2.15. The van der Waals surface area contributed by atoms with Crippen molar-refractivity contribution in [2.45, 2.75) is 49.8 Å². The van der Waals surface area contributed by atoms with Gasteiger partial charge in [0.2, 0.25) is 0 Å². The number of hydrogen-bond acceptors (Lipinski definition) is 2. The average molecular weight is 293 g/mol. The van der Waals surface area contributed by atoms with E-state index in [0.29, 0.717) is 0 Å². The van der Waals surface area contributed by atoms with Crippen LogP contribution in [0.25, 0.3) is 0 Å². The van der Waals surface area contributed by atoms with Crippen LogP contribution in [0, 0.1) is 5.92 Å². The number of halogens is 1. The minimum Gasteiger partial charge on any atom is -0.385 e. The molecule has 2 unspecified atom stereocenters. The Morgan fingerprint density at radius 2 is 1.88 bits per heavy atom. The first kappa shape index (κ1) is 14.5. The van der Waals surface area contributed by atoms with E-state index >= 15 is 0 Å². The molecule has 0 aromatic rings. The van der Waals surface area contributed by atoms with Crippen LogP contribution in [0.1, 0.15) is 44.9 Å². The van der Waals surface area contributed by atoms with Crippen molar-refractivity contribution in [2.75, 3.05) is 26.9 Å². The highest BCUT2D eigenvalue weighted by atomic mass is 79.9. The Bertz CT molecular complexity index is 164. The summed E-state index contributed by atoms with van der Waals surface area (Å²) < 4.78 is 10.6. The fourth-order valence-electron chi connectivity index (χ4n) is 2.31. The summed E-state index contributed by atoms with van der Waals surface area (Å²) in [4.78, 5) is 0.720. The van der Waals surface area contributed by atoms with Crippen LogP contribution in [0.3, 0.4) is 0 Å². The van der Waals surface area contributed by atoms with E-state index in [1.165, 1.54) is 38.5 Å². The van der Waals surface area contributed by atoms with E-state index in [1.807, 2.05) is 0 Å². The second kappa shape index (κ2) is 9.43. The summed E-state index contributed by atoms with van der Waals surface area (Å²) in [6.45, 7) is 2.56. The molecule has 1 aliphatic carbocycles. The molecule has 16 heavy (non-hydrogen) atoms. The molecule has 1 aliphatic rings. The van der Waals surface area contributed by atoms with Gasteiger partial charge >= 0.3 is 0 Å². The molecule has 96 valence electrons. The molecule has 0 N–H and O–H groups in total. The molecule has 0 aromatic heterocycles. The van der Waals surface area contributed by atoms with Crippen LogP contribution in [0.15, 0.2) is 0 Å². The molecule has 0 amide bonds. The van der Waals surface area contributed by atoms with E-state index in [2.05, 4.69) is 15.9 Å². The molecule has 0 radical (unpaired) electrons. The molecule has 2 atom stereocenters. The minimum atomic E-state index is 0.720. The molecule has 0 saturated heterocycles. The third-order valence-corrected chi connectivity index (χ3v) is 4.54. The second-order valence-electron chi connectivity index (χ2n) is 4.66. The van der Waals surface area contributed by atoms with E-state index < -0.39 is 0 Å². The smallest absolute Gasteiger partial charge is 0.0487 e. The van der Waals surface area contributed by atoms with Crippen LogP contribution in [0.4, 0.5) is 0 Å². The maximum Gasteiger partial charge on any atom is 0.0487 e. The maximum absolute atomic E-state index is 5.63. The van der Waals surface area contributed by atoms with Gasteiger partial charge in [-0.2, -0.15) is 0 Å². The lowest BCUT2D eigenvalue weighted by Gasteiger charge is -2.19. The summed E-state index contributed by atoms with van der Waals surface area (Å²) in [6, 6.07) is 0. The summed E-state index contributed by atoms with van der Waals surface area (Å²) in [5.74, 6) is 0.824. The molecule has 0 aliphatic heterocycles. The van der Waals surface area contributed by atoms with E-state index in [4.69, 9.17) is 9.47 Å². The first-order valence-electron chi connectivity index (χ1n) is 6.55. The van der Waals surface area contributed by atoms with E-state index in [-0.39, 0.29) is 0 Å². The first-order chi connectivity index (χ1) is 7.84. The molecular formula is C13H25BrO2. The highest BCUT2D eigenvalue weighted by Gasteiger charge is 2.20. The Morgan fingerprint density at radius 3 is 2.69 bits per heavy atom. The Hall–Kier alpha value is 0.400. The van der Waals surface area contributed by atoms with Gasteiger partial charge in [0.25, 0.3) is 0 Å². The van der Waals surface area contributed by atoms with Gasteiger partial charge in [0.15, 0.2) is 0 Å². The molecule has 0 aromatic carbocycles. The summed E-state index contributed by atoms with van der Waals surface area (Å²) in [5, 5.41) is 0. The molecule has 1 rings (SSSR count). The van der Waals surface area contributed by atoms with Crippen LogP contribution in [-0.2, 0) is 9.47 Å². The lowest BCUT2D eigenvalue weighted by molar-refractivity contribution is 0.0929. The Morgan fingerprint density at radius 1 is 1.06 bits per heavy atom. The van der Waals surface area contributed by atoms with Gasteiger partial charge in [0, 0.05) is 31.8 Å². The zero-order valence-corrected chi connectivity index (χ0v) is 12.0. The molecule has 0 bridgehead atoms. The molecule has 0 spiro atoms. The van der Waals surface area contributed by atoms with Crippen LogP contribution in [0.5, 0.6) is 0 Å². The zero-order chi connectivity index (χ0) is 11.6. The molecule has 0 heterocycles. The molecule has 2 nitrogen and oxygen atoms in total. The van der Waals surface area contributed by atoms with E-state index in [9.17, 15) is 0 Å². The maximum atomic E-state index is 5.63. The fraction of sp³-hybridized carbons (Fsp3) is 1.00. The van der Waals surface area contributed by atoms with Gasteiger partial charge in [-0.15, -0.1) is 0 Å². The SMILES string of the molecule is COCCCOCCC1CCCCCC1Br. The van der Waals surface area contributed by atoms with Gasteiger partial charge in [-0.1, -0.05) is 35.2 Å². The van der Waals surface area contributed by atoms with Crippen molar-refractivity contribution < 1.29 is 9.47 Å². The van der Waals surface area contributed by atoms with Crippen molar-refractivity contribution in [3.8, 4) is 0 Å². The Kier molecular flexibility index (Phi) is 8.52. The van der Waals surface area contributed by atoms with Crippen molar-refractivity contribution >= 4 is 15.9 Å². The quantitative estimate of drug-likeness (QED) is 0.404. The number of ether oxygens (including phenoxy) is 2. The van der Waals surface area contributed by atoms with Crippen molar-refractivity contribution in [2.24, 2.45) is 5.92 Å². The highest BCUT2D eigenvalue weighted by Crippen LogP contribution is 2.30. The zero-order valence-electron chi connectivity index (χ0n) is 10.4. The van der Waals surface area contributed by atoms with Crippen LogP contribution >= 0.6 is 15.9 Å². The summed E-state index contributed by atoms with van der Waals surface area (Å²) >= 11 is 3.82. The topological polar surface area (TPSA) is 18.5 Å². The average Bonchev–Trinajstić information content (AvgIpc) is 2.49. The predicted octanol–water partition coefficient (Wildman–Crippen LogP) is 3.77. The normalized spacial score (nSPS) is 26.6. The number of hydrogen-bond donors (Lipinski definition) is 0. The van der Waals surface area contributed by atoms with Crippen molar-refractivity contribution in [3.63, 3.8) is 0 Å². The minimum absolute atomic E-state index is 0.720. The van der Waals surface area contributed by atoms with Crippen molar-refractivity contribution in [3.05, 3.63) is 0 Å². The van der Waals surface area contributed by atoms with Gasteiger partial charge in [-0.3, -0.25) is 0 Å². The van der Waals surface area contributed by atoms with Crippen LogP contribution in [0.2, 0.25) is 0 Å². The summed E-state index contributed by atoms with van der Waals surface area (Å²) in [6.07, 6.45) is 9.14. The number of methoxy groups -OCH3 is 1. The van der Waals surface area contributed by atoms with Gasteiger partial charge in [-0.25, -0.2) is 0 Å². The van der Waals surface area contributed by atoms with Crippen molar-refractivity contribution in [1.82, 2.24) is 0 Å². The fourth-order valence-corrected chi connectivity index (χ4v) is 3.16. The first-order valence-corrected chi connectivity index (χ1v) is 7.47. The summed E-state index contributed by atoms with van der Waals surface area (Å²) in [7, 11) is 1.74. The van der Waals surface area contributed by atoms with E-state index in [1.54, 1.807) is 7.11 Å². The van der Waals surface area contributed by atoms with Crippen LogP contribution in [-0.4, -0.2) is 31.8 Å². The van der Waals surface area contributed by atoms with Gasteiger partial charge < -0.3 is 9.47 Å². The second-order valence-corrected chi connectivity index (χ2v) is 5.84. The highest BCUT2D eigenvalue weighted by molar-refractivity contribution is 9.09. The Balaban J connectivity index is 2.01. The van der Waals surface area contributed by atoms with Crippen LogP contribution < -0.4 is 0 Å². The monoisotopic (exact) mass is 292 g/mol. The number of rotatable bonds is 7. The van der Waals surface area contributed by atoms with Gasteiger partial charge in [-0.05, 0) is 31.6 Å². The number of alkyl halides is 1. The molecule has 1 fully saturated rings.